The molecule has 0 radical (unpaired) electrons. The van der Waals surface area contributed by atoms with Crippen LogP contribution in [-0.2, 0) is 0 Å². The zero-order valence-electron chi connectivity index (χ0n) is 24.7. The van der Waals surface area contributed by atoms with E-state index in [-0.39, 0.29) is 0 Å². The molecule has 4 aromatic rings. The van der Waals surface area contributed by atoms with Gasteiger partial charge >= 0.3 is 0 Å². The monoisotopic (exact) mass is 539 g/mol. The topological polar surface area (TPSA) is 3.24 Å². The van der Waals surface area contributed by atoms with Crippen LogP contribution in [0.1, 0.15) is 94.1 Å². The van der Waals surface area contributed by atoms with E-state index >= 15 is 0 Å². The summed E-state index contributed by atoms with van der Waals surface area (Å²) in [6.45, 7) is 2.47. The molecular weight excluding hydrogens is 494 g/mol. The molecule has 0 aliphatic heterocycles. The van der Waals surface area contributed by atoms with Gasteiger partial charge in [0.15, 0.2) is 0 Å². The summed E-state index contributed by atoms with van der Waals surface area (Å²) in [5.74, 6) is 4.24. The minimum atomic E-state index is 0.727. The molecular formula is C40H45N. The molecule has 2 unspecified atom stereocenters. The summed E-state index contributed by atoms with van der Waals surface area (Å²) in [5, 5.41) is 0. The van der Waals surface area contributed by atoms with E-state index in [1.165, 1.54) is 98.0 Å². The first-order valence-corrected chi connectivity index (χ1v) is 16.3. The van der Waals surface area contributed by atoms with Gasteiger partial charge in [0.1, 0.15) is 0 Å². The number of hydrogen-bond acceptors (Lipinski definition) is 1. The van der Waals surface area contributed by atoms with Crippen LogP contribution in [0.25, 0.3) is 11.1 Å². The second-order valence-electron chi connectivity index (χ2n) is 13.5. The van der Waals surface area contributed by atoms with Gasteiger partial charge in [0.2, 0.25) is 0 Å². The van der Waals surface area contributed by atoms with E-state index in [1.807, 2.05) is 0 Å². The van der Waals surface area contributed by atoms with Crippen molar-refractivity contribution in [3.05, 3.63) is 114 Å². The maximum Gasteiger partial charge on any atom is 0.0467 e. The van der Waals surface area contributed by atoms with Crippen molar-refractivity contribution in [3.8, 4) is 11.1 Å². The zero-order chi connectivity index (χ0) is 27.6. The number of anilines is 3. The highest BCUT2D eigenvalue weighted by Gasteiger charge is 2.35. The molecule has 2 atom stereocenters. The molecule has 0 amide bonds. The Bertz CT molecular complexity index is 1400. The first-order valence-electron chi connectivity index (χ1n) is 16.3. The summed E-state index contributed by atoms with van der Waals surface area (Å²) in [6.07, 6.45) is 13.9. The molecule has 3 aliphatic rings. The molecule has 4 aromatic carbocycles. The maximum absolute atomic E-state index is 2.47. The molecule has 3 fully saturated rings. The van der Waals surface area contributed by atoms with Crippen molar-refractivity contribution in [2.75, 3.05) is 4.90 Å². The van der Waals surface area contributed by atoms with Gasteiger partial charge in [0.05, 0.1) is 0 Å². The molecule has 0 saturated heterocycles. The van der Waals surface area contributed by atoms with Gasteiger partial charge in [-0.05, 0) is 133 Å². The van der Waals surface area contributed by atoms with E-state index in [0.29, 0.717) is 0 Å². The number of fused-ring (bicyclic) bond motifs is 2. The molecule has 41 heavy (non-hydrogen) atoms. The van der Waals surface area contributed by atoms with Crippen molar-refractivity contribution in [2.24, 2.45) is 17.8 Å². The van der Waals surface area contributed by atoms with Crippen molar-refractivity contribution in [1.82, 2.24) is 0 Å². The fourth-order valence-electron chi connectivity index (χ4n) is 8.59. The molecule has 3 saturated carbocycles. The highest BCUT2D eigenvalue weighted by atomic mass is 15.1. The highest BCUT2D eigenvalue weighted by Crippen LogP contribution is 2.48. The first kappa shape index (κ1) is 26.6. The predicted octanol–water partition coefficient (Wildman–Crippen LogP) is 11.8. The third-order valence-corrected chi connectivity index (χ3v) is 10.4. The van der Waals surface area contributed by atoms with Gasteiger partial charge < -0.3 is 4.90 Å². The number of benzene rings is 4. The maximum atomic E-state index is 2.47. The number of nitrogens with zero attached hydrogens (tertiary/aromatic N) is 1. The number of hydrogen-bond donors (Lipinski definition) is 0. The molecule has 0 spiro atoms. The van der Waals surface area contributed by atoms with Crippen LogP contribution in [0.2, 0.25) is 0 Å². The van der Waals surface area contributed by atoms with Gasteiger partial charge in [-0.15, -0.1) is 0 Å². The molecule has 2 bridgehead atoms. The van der Waals surface area contributed by atoms with Gasteiger partial charge in [0, 0.05) is 17.1 Å². The van der Waals surface area contributed by atoms with Crippen molar-refractivity contribution in [2.45, 2.75) is 83.0 Å². The summed E-state index contributed by atoms with van der Waals surface area (Å²) in [7, 11) is 0. The van der Waals surface area contributed by atoms with E-state index in [2.05, 4.69) is 115 Å². The van der Waals surface area contributed by atoms with Crippen molar-refractivity contribution < 1.29 is 0 Å². The summed E-state index contributed by atoms with van der Waals surface area (Å²) in [5.41, 5.74) is 9.27. The zero-order valence-corrected chi connectivity index (χ0v) is 24.7. The van der Waals surface area contributed by atoms with Crippen LogP contribution in [0.3, 0.4) is 0 Å². The van der Waals surface area contributed by atoms with Crippen LogP contribution in [-0.4, -0.2) is 0 Å². The fraction of sp³-hybridized carbons (Fsp3) is 0.400. The first-order chi connectivity index (χ1) is 20.2. The van der Waals surface area contributed by atoms with Crippen LogP contribution in [0.4, 0.5) is 17.1 Å². The van der Waals surface area contributed by atoms with Crippen molar-refractivity contribution >= 4 is 17.1 Å². The lowest BCUT2D eigenvalue weighted by molar-refractivity contribution is 0.130. The third kappa shape index (κ3) is 5.87. The second kappa shape index (κ2) is 11.9. The summed E-state index contributed by atoms with van der Waals surface area (Å²) in [4.78, 5) is 2.46. The van der Waals surface area contributed by atoms with E-state index in [4.69, 9.17) is 0 Å². The lowest BCUT2D eigenvalue weighted by Crippen LogP contribution is -2.29. The van der Waals surface area contributed by atoms with Crippen LogP contribution in [0, 0.1) is 17.8 Å². The minimum absolute atomic E-state index is 0.727. The Hall–Kier alpha value is -3.32. The van der Waals surface area contributed by atoms with Crippen LogP contribution < -0.4 is 4.90 Å². The summed E-state index contributed by atoms with van der Waals surface area (Å²) in [6, 6.07) is 39.0. The van der Waals surface area contributed by atoms with Crippen LogP contribution in [0.15, 0.2) is 103 Å². The predicted molar refractivity (Wildman–Crippen MR) is 174 cm³/mol. The molecule has 0 heterocycles. The Morgan fingerprint density at radius 1 is 0.488 bits per heavy atom. The smallest absolute Gasteiger partial charge is 0.0467 e. The second-order valence-corrected chi connectivity index (χ2v) is 13.5. The average Bonchev–Trinajstić information content (AvgIpc) is 3.02. The molecule has 0 N–H and O–H groups in total. The largest absolute Gasteiger partial charge is 0.310 e. The van der Waals surface area contributed by atoms with Gasteiger partial charge in [-0.1, -0.05) is 92.9 Å². The van der Waals surface area contributed by atoms with E-state index < -0.39 is 0 Å². The quantitative estimate of drug-likeness (QED) is 0.235. The Labute approximate surface area is 247 Å². The van der Waals surface area contributed by atoms with Gasteiger partial charge in [-0.25, -0.2) is 0 Å². The Balaban J connectivity index is 1.21. The van der Waals surface area contributed by atoms with Crippen molar-refractivity contribution in [1.29, 1.82) is 0 Å². The Morgan fingerprint density at radius 3 is 1.71 bits per heavy atom. The van der Waals surface area contributed by atoms with Crippen LogP contribution in [0.5, 0.6) is 0 Å². The third-order valence-electron chi connectivity index (χ3n) is 10.4. The van der Waals surface area contributed by atoms with E-state index in [9.17, 15) is 0 Å². The molecule has 1 nitrogen and oxygen atoms in total. The Morgan fingerprint density at radius 2 is 1.07 bits per heavy atom. The molecule has 210 valence electrons. The molecule has 7 rings (SSSR count). The lowest BCUT2D eigenvalue weighted by atomic mass is 9.64. The van der Waals surface area contributed by atoms with E-state index in [0.717, 1.165) is 29.6 Å². The fourth-order valence-corrected chi connectivity index (χ4v) is 8.59. The van der Waals surface area contributed by atoms with Gasteiger partial charge in [0.25, 0.3) is 0 Å². The summed E-state index contributed by atoms with van der Waals surface area (Å²) >= 11 is 0. The van der Waals surface area contributed by atoms with E-state index in [1.54, 1.807) is 5.56 Å². The number of rotatable bonds is 6. The Kier molecular flexibility index (Phi) is 7.70. The minimum Gasteiger partial charge on any atom is -0.310 e. The highest BCUT2D eigenvalue weighted by molar-refractivity contribution is 5.80. The van der Waals surface area contributed by atoms with Crippen molar-refractivity contribution in [3.63, 3.8) is 0 Å². The van der Waals surface area contributed by atoms with Crippen LogP contribution >= 0.6 is 0 Å². The van der Waals surface area contributed by atoms with Gasteiger partial charge in [-0.3, -0.25) is 0 Å². The molecule has 1 heteroatoms. The summed E-state index contributed by atoms with van der Waals surface area (Å²) < 4.78 is 0. The SMILES string of the molecule is CC1CC2CC(C1)CC(c1ccc(N(c3ccc(C4CCCCC4)cc3)c3cccc(-c4ccccc4)c3)cc1)C2. The van der Waals surface area contributed by atoms with Gasteiger partial charge in [-0.2, -0.15) is 0 Å². The normalized spacial score (nSPS) is 24.6. The molecule has 3 aliphatic carbocycles. The average molecular weight is 540 g/mol. The standard InChI is InChI=1S/C40H45N/c1-29-23-30-25-31(24-29)27-37(26-30)35-17-21-39(22-18-35)41(38-19-15-34(16-20-38)32-9-4-2-5-10-32)40-14-8-13-36(28-40)33-11-6-3-7-12-33/h3,6-8,11-22,28-32,37H,2,4-5,9-10,23-27H2,1H3. The lowest BCUT2D eigenvalue weighted by Gasteiger charge is -2.42. The molecule has 0 aromatic heterocycles.